The fourth-order valence-electron chi connectivity index (χ4n) is 9.19. The van der Waals surface area contributed by atoms with Gasteiger partial charge in [-0.2, -0.15) is 0 Å². The lowest BCUT2D eigenvalue weighted by atomic mass is 9.98. The summed E-state index contributed by atoms with van der Waals surface area (Å²) >= 11 is 0. The molecule has 0 radical (unpaired) electrons. The Labute approximate surface area is 346 Å². The molecule has 9 aromatic carbocycles. The van der Waals surface area contributed by atoms with Crippen molar-refractivity contribution in [3.8, 4) is 56.3 Å². The third-order valence-electron chi connectivity index (χ3n) is 11.9. The Bertz CT molecular complexity index is 3510. The smallest absolute Gasteiger partial charge is 0.160 e. The molecule has 3 aromatic heterocycles. The first-order chi connectivity index (χ1) is 29.8. The Morgan fingerprint density at radius 1 is 0.283 bits per heavy atom. The lowest BCUT2D eigenvalue weighted by Crippen LogP contribution is -1.97. The lowest BCUT2D eigenvalue weighted by Gasteiger charge is -2.14. The van der Waals surface area contributed by atoms with Gasteiger partial charge in [-0.15, -0.1) is 0 Å². The van der Waals surface area contributed by atoms with Gasteiger partial charge in [0.05, 0.1) is 33.3 Å². The molecule has 60 heavy (non-hydrogen) atoms. The van der Waals surface area contributed by atoms with Crippen molar-refractivity contribution in [1.29, 1.82) is 0 Å². The number of fused-ring (bicyclic) bond motifs is 8. The van der Waals surface area contributed by atoms with E-state index in [1.807, 2.05) is 12.1 Å². The number of aromatic nitrogens is 4. The second-order valence-electron chi connectivity index (χ2n) is 15.4. The fraction of sp³-hybridized carbons (Fsp3) is 0. The lowest BCUT2D eigenvalue weighted by molar-refractivity contribution is 1.17. The van der Waals surface area contributed by atoms with E-state index in [2.05, 4.69) is 215 Å². The molecule has 12 aromatic rings. The van der Waals surface area contributed by atoms with Crippen molar-refractivity contribution in [1.82, 2.24) is 19.1 Å². The molecule has 0 aliphatic carbocycles. The van der Waals surface area contributed by atoms with E-state index >= 15 is 0 Å². The average molecular weight is 765 g/mol. The summed E-state index contributed by atoms with van der Waals surface area (Å²) in [6, 6.07) is 78.0. The second-order valence-corrected chi connectivity index (χ2v) is 15.4. The highest BCUT2D eigenvalue weighted by Gasteiger charge is 2.21. The van der Waals surface area contributed by atoms with Crippen molar-refractivity contribution >= 4 is 54.5 Å². The topological polar surface area (TPSA) is 35.6 Å². The molecule has 0 aliphatic heterocycles. The maximum atomic E-state index is 5.15. The predicted octanol–water partition coefficient (Wildman–Crippen LogP) is 14.5. The van der Waals surface area contributed by atoms with Crippen LogP contribution in [-0.4, -0.2) is 19.1 Å². The Balaban J connectivity index is 1.06. The van der Waals surface area contributed by atoms with Crippen LogP contribution in [0.15, 0.2) is 218 Å². The van der Waals surface area contributed by atoms with Crippen molar-refractivity contribution in [2.24, 2.45) is 0 Å². The van der Waals surface area contributed by atoms with Crippen LogP contribution in [0.2, 0.25) is 0 Å². The molecular formula is C56H36N4. The second kappa shape index (κ2) is 13.8. The van der Waals surface area contributed by atoms with Gasteiger partial charge in [0.2, 0.25) is 0 Å². The summed E-state index contributed by atoms with van der Waals surface area (Å²) < 4.78 is 4.86. The first-order valence-corrected chi connectivity index (χ1v) is 20.4. The highest BCUT2D eigenvalue weighted by atomic mass is 15.0. The highest BCUT2D eigenvalue weighted by Crippen LogP contribution is 2.43. The van der Waals surface area contributed by atoms with Crippen LogP contribution in [0.5, 0.6) is 0 Å². The van der Waals surface area contributed by atoms with Gasteiger partial charge in [-0.3, -0.25) is 0 Å². The van der Waals surface area contributed by atoms with Gasteiger partial charge in [0.15, 0.2) is 5.82 Å². The van der Waals surface area contributed by atoms with E-state index < -0.39 is 0 Å². The minimum atomic E-state index is 0.711. The van der Waals surface area contributed by atoms with Crippen molar-refractivity contribution < 1.29 is 0 Å². The number of hydrogen-bond acceptors (Lipinski definition) is 2. The van der Waals surface area contributed by atoms with Gasteiger partial charge in [-0.1, -0.05) is 146 Å². The highest BCUT2D eigenvalue weighted by molar-refractivity contribution is 6.29. The number of benzene rings is 9. The maximum absolute atomic E-state index is 5.15. The van der Waals surface area contributed by atoms with Crippen LogP contribution in [0, 0.1) is 0 Å². The van der Waals surface area contributed by atoms with Crippen molar-refractivity contribution in [2.45, 2.75) is 0 Å². The molecule has 0 saturated carbocycles. The molecule has 0 atom stereocenters. The summed E-state index contributed by atoms with van der Waals surface area (Å²) in [5.41, 5.74) is 15.6. The van der Waals surface area contributed by atoms with Crippen LogP contribution in [-0.2, 0) is 0 Å². The predicted molar refractivity (Wildman–Crippen MR) is 250 cm³/mol. The van der Waals surface area contributed by atoms with Gasteiger partial charge in [0.25, 0.3) is 0 Å². The van der Waals surface area contributed by atoms with E-state index in [9.17, 15) is 0 Å². The molecule has 0 N–H and O–H groups in total. The zero-order valence-corrected chi connectivity index (χ0v) is 32.6. The summed E-state index contributed by atoms with van der Waals surface area (Å²) in [6.45, 7) is 0. The molecule has 0 fully saturated rings. The van der Waals surface area contributed by atoms with Crippen molar-refractivity contribution in [3.63, 3.8) is 0 Å². The molecule has 0 saturated heterocycles. The van der Waals surface area contributed by atoms with Crippen LogP contribution in [0.25, 0.3) is 111 Å². The van der Waals surface area contributed by atoms with Crippen LogP contribution in [0.3, 0.4) is 0 Å². The monoisotopic (exact) mass is 764 g/mol. The third-order valence-corrected chi connectivity index (χ3v) is 11.9. The van der Waals surface area contributed by atoms with Crippen LogP contribution in [0.1, 0.15) is 0 Å². The third kappa shape index (κ3) is 5.46. The molecule has 0 unspecified atom stereocenters. The molecule has 3 heterocycles. The summed E-state index contributed by atoms with van der Waals surface area (Å²) in [7, 11) is 0. The molecule has 0 bridgehead atoms. The van der Waals surface area contributed by atoms with Gasteiger partial charge < -0.3 is 9.13 Å². The van der Waals surface area contributed by atoms with Crippen LogP contribution < -0.4 is 0 Å². The van der Waals surface area contributed by atoms with E-state index in [4.69, 9.17) is 9.97 Å². The Morgan fingerprint density at radius 3 is 1.32 bits per heavy atom. The van der Waals surface area contributed by atoms with E-state index in [1.165, 1.54) is 54.8 Å². The molecule has 4 nitrogen and oxygen atoms in total. The minimum Gasteiger partial charge on any atom is -0.309 e. The number of hydrogen-bond donors (Lipinski definition) is 0. The van der Waals surface area contributed by atoms with Gasteiger partial charge in [-0.25, -0.2) is 9.97 Å². The summed E-state index contributed by atoms with van der Waals surface area (Å²) in [5.74, 6) is 0.711. The molecule has 12 rings (SSSR count). The molecule has 0 spiro atoms. The Kier molecular flexibility index (Phi) is 7.82. The molecule has 4 heteroatoms. The van der Waals surface area contributed by atoms with Crippen LogP contribution >= 0.6 is 0 Å². The van der Waals surface area contributed by atoms with E-state index in [-0.39, 0.29) is 0 Å². The van der Waals surface area contributed by atoms with E-state index in [0.717, 1.165) is 50.1 Å². The maximum Gasteiger partial charge on any atom is 0.160 e. The average Bonchev–Trinajstić information content (AvgIpc) is 3.85. The molecule has 280 valence electrons. The Hall–Kier alpha value is -8.08. The van der Waals surface area contributed by atoms with Gasteiger partial charge in [0.1, 0.15) is 0 Å². The minimum absolute atomic E-state index is 0.711. The SMILES string of the molecule is c1ccc(-c2cc(-c3ccccc3)cc(-n3c4ccccc4c4c5c6ccccc6n(-c6ccc(-c7nc(-c8ccccc8)c8ccccc8n7)cc6)c5ccc43)c2)cc1. The first-order valence-electron chi connectivity index (χ1n) is 20.4. The molecule has 0 aliphatic rings. The zero-order valence-electron chi connectivity index (χ0n) is 32.6. The zero-order chi connectivity index (χ0) is 39.6. The number of rotatable bonds is 6. The van der Waals surface area contributed by atoms with Gasteiger partial charge in [0, 0.05) is 49.4 Å². The summed E-state index contributed by atoms with van der Waals surface area (Å²) in [4.78, 5) is 10.2. The van der Waals surface area contributed by atoms with E-state index in [1.54, 1.807) is 0 Å². The normalized spacial score (nSPS) is 11.7. The Morgan fingerprint density at radius 2 is 0.750 bits per heavy atom. The van der Waals surface area contributed by atoms with Crippen LogP contribution in [0.4, 0.5) is 0 Å². The number of para-hydroxylation sites is 3. The first kappa shape index (κ1) is 34.0. The van der Waals surface area contributed by atoms with E-state index in [0.29, 0.717) is 5.82 Å². The molecule has 0 amide bonds. The fourth-order valence-corrected chi connectivity index (χ4v) is 9.19. The van der Waals surface area contributed by atoms with Gasteiger partial charge in [-0.05, 0) is 95.1 Å². The molecular weight excluding hydrogens is 729 g/mol. The van der Waals surface area contributed by atoms with Gasteiger partial charge >= 0.3 is 0 Å². The standard InChI is InChI=1S/C56H36N4/c1-4-16-37(17-5-1)41-34-42(38-18-6-2-7-19-38)36-44(35-41)60-50-27-15-12-24-47(50)54-52(60)33-32-51-53(54)46-23-11-14-26-49(46)59(51)43-30-28-40(29-31-43)56-57-48-25-13-10-22-45(48)55(58-56)39-20-8-3-9-21-39/h1-36H. The largest absolute Gasteiger partial charge is 0.309 e. The summed E-state index contributed by atoms with van der Waals surface area (Å²) in [5, 5.41) is 5.99. The quantitative estimate of drug-likeness (QED) is 0.169. The van der Waals surface area contributed by atoms with Crippen molar-refractivity contribution in [2.75, 3.05) is 0 Å². The van der Waals surface area contributed by atoms with Crippen molar-refractivity contribution in [3.05, 3.63) is 218 Å². The number of nitrogens with zero attached hydrogens (tertiary/aromatic N) is 4. The summed E-state index contributed by atoms with van der Waals surface area (Å²) in [6.07, 6.45) is 0.